The van der Waals surface area contributed by atoms with Gasteiger partial charge in [0.15, 0.2) is 0 Å². The van der Waals surface area contributed by atoms with Crippen LogP contribution in [0.4, 0.5) is 0 Å². The molecule has 0 saturated carbocycles. The zero-order chi connectivity index (χ0) is 16.9. The van der Waals surface area contributed by atoms with Gasteiger partial charge in [-0.1, -0.05) is 17.7 Å². The van der Waals surface area contributed by atoms with Crippen molar-refractivity contribution in [3.8, 4) is 5.88 Å². The Hall–Kier alpha value is -2.18. The maximum atomic E-state index is 12.5. The average molecular weight is 347 g/mol. The smallest absolute Gasteiger partial charge is 0.253 e. The van der Waals surface area contributed by atoms with Gasteiger partial charge in [0.25, 0.3) is 5.91 Å². The van der Waals surface area contributed by atoms with E-state index in [-0.39, 0.29) is 5.91 Å². The van der Waals surface area contributed by atoms with Crippen molar-refractivity contribution >= 4 is 17.5 Å². The second-order valence-electron chi connectivity index (χ2n) is 5.65. The number of rotatable bonds is 4. The van der Waals surface area contributed by atoms with E-state index in [2.05, 4.69) is 15.1 Å². The van der Waals surface area contributed by atoms with Crippen LogP contribution in [0.5, 0.6) is 5.88 Å². The number of halogens is 1. The zero-order valence-corrected chi connectivity index (χ0v) is 14.2. The quantitative estimate of drug-likeness (QED) is 0.848. The largest absolute Gasteiger partial charge is 0.480 e. The standard InChI is InChI=1S/C17H19ClN4O2/c1-24-16-6-5-15(19-20-16)12-21-7-9-22(10-8-21)17(23)13-3-2-4-14(18)11-13/h2-6,11H,7-10,12H2,1H3. The highest BCUT2D eigenvalue weighted by molar-refractivity contribution is 6.30. The van der Waals surface area contributed by atoms with Crippen LogP contribution in [0.25, 0.3) is 0 Å². The predicted molar refractivity (Wildman–Crippen MR) is 91.2 cm³/mol. The number of amides is 1. The molecule has 1 fully saturated rings. The molecule has 0 unspecified atom stereocenters. The molecule has 2 aromatic rings. The number of carbonyl (C=O) groups excluding carboxylic acids is 1. The van der Waals surface area contributed by atoms with Gasteiger partial charge in [-0.15, -0.1) is 5.10 Å². The molecule has 1 aliphatic rings. The summed E-state index contributed by atoms with van der Waals surface area (Å²) in [5.41, 5.74) is 1.53. The van der Waals surface area contributed by atoms with E-state index in [0.29, 0.717) is 29.6 Å². The van der Waals surface area contributed by atoms with Crippen LogP contribution in [0, 0.1) is 0 Å². The van der Waals surface area contributed by atoms with E-state index in [1.54, 1.807) is 37.4 Å². The van der Waals surface area contributed by atoms with Gasteiger partial charge in [-0.3, -0.25) is 9.69 Å². The lowest BCUT2D eigenvalue weighted by Crippen LogP contribution is -2.48. The number of benzene rings is 1. The fourth-order valence-electron chi connectivity index (χ4n) is 2.68. The Bertz CT molecular complexity index is 700. The molecule has 7 heteroatoms. The van der Waals surface area contributed by atoms with E-state index in [9.17, 15) is 4.79 Å². The van der Waals surface area contributed by atoms with Crippen molar-refractivity contribution in [2.75, 3.05) is 33.3 Å². The molecule has 6 nitrogen and oxygen atoms in total. The zero-order valence-electron chi connectivity index (χ0n) is 13.5. The first-order valence-electron chi connectivity index (χ1n) is 7.79. The normalized spacial score (nSPS) is 15.3. The Morgan fingerprint density at radius 3 is 2.58 bits per heavy atom. The number of piperazine rings is 1. The summed E-state index contributed by atoms with van der Waals surface area (Å²) < 4.78 is 5.01. The Kier molecular flexibility index (Phi) is 5.27. The number of methoxy groups -OCH3 is 1. The van der Waals surface area contributed by atoms with Crippen LogP contribution < -0.4 is 4.74 Å². The molecule has 0 radical (unpaired) electrons. The minimum absolute atomic E-state index is 0.0291. The van der Waals surface area contributed by atoms with Crippen LogP contribution in [-0.2, 0) is 6.54 Å². The maximum absolute atomic E-state index is 12.5. The summed E-state index contributed by atoms with van der Waals surface area (Å²) in [5, 5.41) is 8.70. The maximum Gasteiger partial charge on any atom is 0.253 e. The van der Waals surface area contributed by atoms with Gasteiger partial charge in [0.05, 0.1) is 12.8 Å². The number of hydrogen-bond donors (Lipinski definition) is 0. The van der Waals surface area contributed by atoms with E-state index in [1.807, 2.05) is 11.0 Å². The first kappa shape index (κ1) is 16.7. The van der Waals surface area contributed by atoms with Crippen molar-refractivity contribution in [3.05, 3.63) is 52.7 Å². The van der Waals surface area contributed by atoms with Gasteiger partial charge in [-0.05, 0) is 24.3 Å². The molecular weight excluding hydrogens is 328 g/mol. The topological polar surface area (TPSA) is 58.6 Å². The van der Waals surface area contributed by atoms with Gasteiger partial charge >= 0.3 is 0 Å². The SMILES string of the molecule is COc1ccc(CN2CCN(C(=O)c3cccc(Cl)c3)CC2)nn1. The Labute approximate surface area is 146 Å². The Balaban J connectivity index is 1.54. The number of hydrogen-bond acceptors (Lipinski definition) is 5. The predicted octanol–water partition coefficient (Wildman–Crippen LogP) is 2.10. The molecule has 1 saturated heterocycles. The number of ether oxygens (including phenoxy) is 1. The molecule has 0 aliphatic carbocycles. The molecule has 2 heterocycles. The van der Waals surface area contributed by atoms with Gasteiger partial charge < -0.3 is 9.64 Å². The highest BCUT2D eigenvalue weighted by Gasteiger charge is 2.22. The summed E-state index contributed by atoms with van der Waals surface area (Å²) in [7, 11) is 1.57. The van der Waals surface area contributed by atoms with Crippen LogP contribution >= 0.6 is 11.6 Å². The molecule has 24 heavy (non-hydrogen) atoms. The minimum atomic E-state index is 0.0291. The summed E-state index contributed by atoms with van der Waals surface area (Å²) in [5.74, 6) is 0.539. The number of nitrogens with zero attached hydrogens (tertiary/aromatic N) is 4. The average Bonchev–Trinajstić information content (AvgIpc) is 2.62. The van der Waals surface area contributed by atoms with E-state index in [0.717, 1.165) is 25.3 Å². The van der Waals surface area contributed by atoms with Crippen LogP contribution in [0.15, 0.2) is 36.4 Å². The number of carbonyl (C=O) groups is 1. The van der Waals surface area contributed by atoms with Crippen molar-refractivity contribution in [1.29, 1.82) is 0 Å². The minimum Gasteiger partial charge on any atom is -0.480 e. The fraction of sp³-hybridized carbons (Fsp3) is 0.353. The van der Waals surface area contributed by atoms with Gasteiger partial charge in [-0.25, -0.2) is 0 Å². The lowest BCUT2D eigenvalue weighted by atomic mass is 10.2. The third kappa shape index (κ3) is 4.01. The van der Waals surface area contributed by atoms with E-state index >= 15 is 0 Å². The molecule has 0 bridgehead atoms. The Morgan fingerprint density at radius 2 is 1.96 bits per heavy atom. The fourth-order valence-corrected chi connectivity index (χ4v) is 2.87. The lowest BCUT2D eigenvalue weighted by molar-refractivity contribution is 0.0626. The van der Waals surface area contributed by atoms with E-state index in [1.165, 1.54) is 0 Å². The van der Waals surface area contributed by atoms with Gasteiger partial charge in [0.2, 0.25) is 5.88 Å². The third-order valence-corrected chi connectivity index (χ3v) is 4.26. The molecule has 0 atom stereocenters. The molecule has 1 aromatic carbocycles. The number of aromatic nitrogens is 2. The van der Waals surface area contributed by atoms with Crippen LogP contribution in [0.2, 0.25) is 5.02 Å². The summed E-state index contributed by atoms with van der Waals surface area (Å²) in [6.45, 7) is 3.71. The third-order valence-electron chi connectivity index (χ3n) is 4.02. The molecule has 0 N–H and O–H groups in total. The molecule has 3 rings (SSSR count). The van der Waals surface area contributed by atoms with Crippen LogP contribution in [0.1, 0.15) is 16.1 Å². The first-order valence-corrected chi connectivity index (χ1v) is 8.17. The van der Waals surface area contributed by atoms with Gasteiger partial charge in [0, 0.05) is 49.4 Å². The first-order chi connectivity index (χ1) is 11.7. The van der Waals surface area contributed by atoms with E-state index < -0.39 is 0 Å². The highest BCUT2D eigenvalue weighted by Crippen LogP contribution is 2.15. The molecule has 1 aliphatic heterocycles. The van der Waals surface area contributed by atoms with Crippen molar-refractivity contribution < 1.29 is 9.53 Å². The van der Waals surface area contributed by atoms with Crippen molar-refractivity contribution in [2.45, 2.75) is 6.54 Å². The van der Waals surface area contributed by atoms with Crippen LogP contribution in [0.3, 0.4) is 0 Å². The summed E-state index contributed by atoms with van der Waals surface area (Å²) >= 11 is 5.96. The van der Waals surface area contributed by atoms with Crippen molar-refractivity contribution in [2.24, 2.45) is 0 Å². The van der Waals surface area contributed by atoms with Crippen molar-refractivity contribution in [3.63, 3.8) is 0 Å². The lowest BCUT2D eigenvalue weighted by Gasteiger charge is -2.34. The van der Waals surface area contributed by atoms with Gasteiger partial charge in [-0.2, -0.15) is 5.10 Å². The second-order valence-corrected chi connectivity index (χ2v) is 6.08. The molecule has 1 aromatic heterocycles. The monoisotopic (exact) mass is 346 g/mol. The van der Waals surface area contributed by atoms with Crippen molar-refractivity contribution in [1.82, 2.24) is 20.0 Å². The molecule has 1 amide bonds. The molecule has 126 valence electrons. The second kappa shape index (κ2) is 7.59. The van der Waals surface area contributed by atoms with Crippen LogP contribution in [-0.4, -0.2) is 59.2 Å². The molecular formula is C17H19ClN4O2. The summed E-state index contributed by atoms with van der Waals surface area (Å²) in [6, 6.07) is 10.8. The summed E-state index contributed by atoms with van der Waals surface area (Å²) in [4.78, 5) is 16.6. The summed E-state index contributed by atoms with van der Waals surface area (Å²) in [6.07, 6.45) is 0. The highest BCUT2D eigenvalue weighted by atomic mass is 35.5. The Morgan fingerprint density at radius 1 is 1.17 bits per heavy atom. The van der Waals surface area contributed by atoms with Gasteiger partial charge in [0.1, 0.15) is 0 Å². The molecule has 0 spiro atoms. The van der Waals surface area contributed by atoms with E-state index in [4.69, 9.17) is 16.3 Å².